The van der Waals surface area contributed by atoms with E-state index in [1.807, 2.05) is 18.2 Å². The summed E-state index contributed by atoms with van der Waals surface area (Å²) in [6.45, 7) is 2.51. The van der Waals surface area contributed by atoms with Crippen LogP contribution in [0.5, 0.6) is 5.75 Å². The van der Waals surface area contributed by atoms with Gasteiger partial charge in [0.15, 0.2) is 0 Å². The molecule has 96 valence electrons. The summed E-state index contributed by atoms with van der Waals surface area (Å²) in [6.07, 6.45) is 3.26. The van der Waals surface area contributed by atoms with Gasteiger partial charge in [-0.25, -0.2) is 0 Å². The van der Waals surface area contributed by atoms with E-state index in [1.165, 1.54) is 6.42 Å². The Bertz CT molecular complexity index is 453. The molecule has 1 unspecified atom stereocenters. The lowest BCUT2D eigenvalue weighted by molar-refractivity contribution is 0.0950. The third-order valence-corrected chi connectivity index (χ3v) is 3.62. The van der Waals surface area contributed by atoms with Gasteiger partial charge in [0.1, 0.15) is 5.75 Å². The fraction of sp³-hybridized carbons (Fsp3) is 0.500. The average molecular weight is 246 g/mol. The molecule has 1 atom stereocenters. The van der Waals surface area contributed by atoms with E-state index in [0.29, 0.717) is 12.6 Å². The Kier molecular flexibility index (Phi) is 3.19. The Labute approximate surface area is 107 Å². The first-order valence-corrected chi connectivity index (χ1v) is 6.60. The molecule has 18 heavy (non-hydrogen) atoms. The maximum Gasteiger partial charge on any atom is 0.251 e. The minimum absolute atomic E-state index is 0.0124. The maximum absolute atomic E-state index is 12.0. The summed E-state index contributed by atoms with van der Waals surface area (Å²) in [6, 6.07) is 6.11. The number of fused-ring (bicyclic) bond motifs is 1. The largest absolute Gasteiger partial charge is 0.493 e. The lowest BCUT2D eigenvalue weighted by Gasteiger charge is -2.11. The fourth-order valence-corrected chi connectivity index (χ4v) is 2.58. The number of carbonyl (C=O) groups excluding carboxylic acids is 1. The molecule has 0 saturated carbocycles. The molecule has 1 saturated heterocycles. The molecule has 2 aliphatic heterocycles. The first kappa shape index (κ1) is 11.5. The monoisotopic (exact) mass is 246 g/mol. The summed E-state index contributed by atoms with van der Waals surface area (Å²) in [5.41, 5.74) is 1.87. The van der Waals surface area contributed by atoms with Gasteiger partial charge in [-0.2, -0.15) is 0 Å². The van der Waals surface area contributed by atoms with Crippen LogP contribution in [-0.2, 0) is 6.42 Å². The first-order valence-electron chi connectivity index (χ1n) is 6.60. The number of amides is 1. The van der Waals surface area contributed by atoms with Crippen LogP contribution in [0.25, 0.3) is 0 Å². The molecule has 4 nitrogen and oxygen atoms in total. The van der Waals surface area contributed by atoms with Crippen molar-refractivity contribution < 1.29 is 9.53 Å². The number of ether oxygens (including phenoxy) is 1. The highest BCUT2D eigenvalue weighted by atomic mass is 16.5. The predicted octanol–water partition coefficient (Wildman–Crippen LogP) is 1.10. The summed E-state index contributed by atoms with van der Waals surface area (Å²) in [4.78, 5) is 12.0. The number of rotatable bonds is 3. The molecule has 0 spiro atoms. The van der Waals surface area contributed by atoms with Gasteiger partial charge in [0.25, 0.3) is 5.91 Å². The molecule has 0 aliphatic carbocycles. The van der Waals surface area contributed by atoms with Crippen molar-refractivity contribution in [2.75, 3.05) is 19.7 Å². The lowest BCUT2D eigenvalue weighted by atomic mass is 10.1. The van der Waals surface area contributed by atoms with Crippen LogP contribution in [0.4, 0.5) is 0 Å². The lowest BCUT2D eigenvalue weighted by Crippen LogP contribution is -2.37. The number of hydrogen-bond acceptors (Lipinski definition) is 3. The molecule has 3 rings (SSSR count). The van der Waals surface area contributed by atoms with Crippen molar-refractivity contribution in [2.24, 2.45) is 0 Å². The van der Waals surface area contributed by atoms with Gasteiger partial charge < -0.3 is 15.4 Å². The van der Waals surface area contributed by atoms with Crippen molar-refractivity contribution in [3.05, 3.63) is 29.3 Å². The molecular formula is C14H18N2O2. The van der Waals surface area contributed by atoms with Crippen LogP contribution in [0.2, 0.25) is 0 Å². The zero-order chi connectivity index (χ0) is 12.4. The standard InChI is InChI=1S/C14H18N2O2/c17-14(16-9-12-2-1-6-15-12)11-3-4-13-10(8-11)5-7-18-13/h3-4,8,12,15H,1-2,5-7,9H2,(H,16,17). The molecule has 1 fully saturated rings. The number of carbonyl (C=O) groups is 1. The molecular weight excluding hydrogens is 228 g/mol. The second-order valence-corrected chi connectivity index (χ2v) is 4.92. The van der Waals surface area contributed by atoms with E-state index in [0.717, 1.165) is 42.9 Å². The Morgan fingerprint density at radius 1 is 1.50 bits per heavy atom. The minimum Gasteiger partial charge on any atom is -0.493 e. The van der Waals surface area contributed by atoms with Gasteiger partial charge in [-0.05, 0) is 43.1 Å². The second kappa shape index (κ2) is 4.98. The van der Waals surface area contributed by atoms with Crippen molar-refractivity contribution in [3.8, 4) is 5.75 Å². The van der Waals surface area contributed by atoms with Crippen molar-refractivity contribution in [2.45, 2.75) is 25.3 Å². The van der Waals surface area contributed by atoms with Crippen LogP contribution in [0, 0.1) is 0 Å². The highest BCUT2D eigenvalue weighted by Crippen LogP contribution is 2.25. The minimum atomic E-state index is 0.0124. The van der Waals surface area contributed by atoms with Gasteiger partial charge in [-0.3, -0.25) is 4.79 Å². The third kappa shape index (κ3) is 2.34. The highest BCUT2D eigenvalue weighted by molar-refractivity contribution is 5.94. The summed E-state index contributed by atoms with van der Waals surface area (Å²) in [5.74, 6) is 0.933. The zero-order valence-electron chi connectivity index (χ0n) is 10.4. The van der Waals surface area contributed by atoms with E-state index in [-0.39, 0.29) is 5.91 Å². The van der Waals surface area contributed by atoms with Crippen molar-refractivity contribution in [1.29, 1.82) is 0 Å². The Morgan fingerprint density at radius 3 is 3.28 bits per heavy atom. The quantitative estimate of drug-likeness (QED) is 0.840. The van der Waals surface area contributed by atoms with Gasteiger partial charge in [0.05, 0.1) is 6.61 Å². The van der Waals surface area contributed by atoms with Crippen LogP contribution in [0.15, 0.2) is 18.2 Å². The Hall–Kier alpha value is -1.55. The first-order chi connectivity index (χ1) is 8.83. The van der Waals surface area contributed by atoms with E-state index in [2.05, 4.69) is 10.6 Å². The van der Waals surface area contributed by atoms with Gasteiger partial charge in [-0.15, -0.1) is 0 Å². The SMILES string of the molecule is O=C(NCC1CCCN1)c1ccc2c(c1)CCO2. The highest BCUT2D eigenvalue weighted by Gasteiger charge is 2.17. The Morgan fingerprint density at radius 2 is 2.44 bits per heavy atom. The second-order valence-electron chi connectivity index (χ2n) is 4.92. The Balaban J connectivity index is 1.61. The molecule has 1 amide bonds. The van der Waals surface area contributed by atoms with Crippen molar-refractivity contribution >= 4 is 5.91 Å². The number of benzene rings is 1. The maximum atomic E-state index is 12.0. The third-order valence-electron chi connectivity index (χ3n) is 3.62. The van der Waals surface area contributed by atoms with E-state index >= 15 is 0 Å². The molecule has 4 heteroatoms. The van der Waals surface area contributed by atoms with Crippen LogP contribution >= 0.6 is 0 Å². The normalized spacial score (nSPS) is 21.4. The fourth-order valence-electron chi connectivity index (χ4n) is 2.58. The van der Waals surface area contributed by atoms with Gasteiger partial charge in [0, 0.05) is 24.6 Å². The molecule has 2 N–H and O–H groups in total. The average Bonchev–Trinajstić information content (AvgIpc) is 3.05. The van der Waals surface area contributed by atoms with Gasteiger partial charge in [-0.1, -0.05) is 0 Å². The van der Waals surface area contributed by atoms with Crippen LogP contribution in [0.3, 0.4) is 0 Å². The van der Waals surface area contributed by atoms with E-state index in [4.69, 9.17) is 4.74 Å². The van der Waals surface area contributed by atoms with Crippen molar-refractivity contribution in [1.82, 2.24) is 10.6 Å². The molecule has 0 radical (unpaired) electrons. The summed E-state index contributed by atoms with van der Waals surface area (Å²) in [5, 5.41) is 6.36. The summed E-state index contributed by atoms with van der Waals surface area (Å²) < 4.78 is 5.43. The molecule has 0 aromatic heterocycles. The molecule has 1 aromatic carbocycles. The molecule has 2 aliphatic rings. The molecule has 0 bridgehead atoms. The number of nitrogens with one attached hydrogen (secondary N) is 2. The van der Waals surface area contributed by atoms with Gasteiger partial charge >= 0.3 is 0 Å². The molecule has 1 aromatic rings. The number of hydrogen-bond donors (Lipinski definition) is 2. The van der Waals surface area contributed by atoms with Crippen molar-refractivity contribution in [3.63, 3.8) is 0 Å². The predicted molar refractivity (Wildman–Crippen MR) is 69.0 cm³/mol. The summed E-state index contributed by atoms with van der Waals surface area (Å²) >= 11 is 0. The van der Waals surface area contributed by atoms with Crippen LogP contribution < -0.4 is 15.4 Å². The summed E-state index contributed by atoms with van der Waals surface area (Å²) in [7, 11) is 0. The van der Waals surface area contributed by atoms with Crippen LogP contribution in [0.1, 0.15) is 28.8 Å². The van der Waals surface area contributed by atoms with Crippen LogP contribution in [-0.4, -0.2) is 31.6 Å². The zero-order valence-corrected chi connectivity index (χ0v) is 10.4. The van der Waals surface area contributed by atoms with E-state index < -0.39 is 0 Å². The van der Waals surface area contributed by atoms with E-state index in [9.17, 15) is 4.79 Å². The van der Waals surface area contributed by atoms with E-state index in [1.54, 1.807) is 0 Å². The smallest absolute Gasteiger partial charge is 0.251 e. The van der Waals surface area contributed by atoms with Gasteiger partial charge in [0.2, 0.25) is 0 Å². The molecule has 2 heterocycles. The topological polar surface area (TPSA) is 50.4 Å².